The topological polar surface area (TPSA) is 30.5 Å². The van der Waals surface area contributed by atoms with Gasteiger partial charge in [-0.2, -0.15) is 0 Å². The normalized spacial score (nSPS) is 25.4. The third-order valence-electron chi connectivity index (χ3n) is 4.91. The third-order valence-corrected chi connectivity index (χ3v) is 4.91. The molecule has 0 saturated heterocycles. The van der Waals surface area contributed by atoms with Gasteiger partial charge in [0.25, 0.3) is 0 Å². The van der Waals surface area contributed by atoms with Crippen molar-refractivity contribution in [3.63, 3.8) is 0 Å². The van der Waals surface area contributed by atoms with Crippen LogP contribution in [0.3, 0.4) is 0 Å². The van der Waals surface area contributed by atoms with Crippen LogP contribution in [-0.4, -0.2) is 19.8 Å². The minimum Gasteiger partial charge on any atom is -0.497 e. The maximum Gasteiger partial charge on any atom is 0.128 e. The molecule has 0 bridgehead atoms. The van der Waals surface area contributed by atoms with E-state index in [-0.39, 0.29) is 0 Å². The van der Waals surface area contributed by atoms with Gasteiger partial charge in [0.05, 0.1) is 7.11 Å². The first-order valence-corrected chi connectivity index (χ1v) is 8.39. The molecule has 2 unspecified atom stereocenters. The van der Waals surface area contributed by atoms with Gasteiger partial charge >= 0.3 is 0 Å². The Kier molecular flexibility index (Phi) is 4.69. The highest BCUT2D eigenvalue weighted by molar-refractivity contribution is 5.44. The molecule has 0 radical (unpaired) electrons. The molecule has 1 N–H and O–H groups in total. The summed E-state index contributed by atoms with van der Waals surface area (Å²) in [7, 11) is 1.71. The zero-order chi connectivity index (χ0) is 14.7. The quantitative estimate of drug-likeness (QED) is 0.886. The molecule has 1 fully saturated rings. The molecule has 0 spiro atoms. The first-order chi connectivity index (χ1) is 10.3. The van der Waals surface area contributed by atoms with Gasteiger partial charge in [-0.25, -0.2) is 0 Å². The molecule has 1 aliphatic heterocycles. The summed E-state index contributed by atoms with van der Waals surface area (Å²) in [5, 5.41) is 3.70. The Bertz CT molecular complexity index is 468. The minimum absolute atomic E-state index is 0.362. The second-order valence-corrected chi connectivity index (χ2v) is 6.35. The fourth-order valence-electron chi connectivity index (χ4n) is 3.73. The molecule has 1 saturated carbocycles. The van der Waals surface area contributed by atoms with E-state index in [1.807, 2.05) is 6.07 Å². The van der Waals surface area contributed by atoms with Crippen molar-refractivity contribution in [2.24, 2.45) is 5.92 Å². The smallest absolute Gasteiger partial charge is 0.128 e. The van der Waals surface area contributed by atoms with Crippen molar-refractivity contribution >= 4 is 0 Å². The monoisotopic (exact) mass is 289 g/mol. The number of hydrogen-bond acceptors (Lipinski definition) is 3. The second kappa shape index (κ2) is 6.69. The van der Waals surface area contributed by atoms with Crippen molar-refractivity contribution in [3.05, 3.63) is 23.8 Å². The molecule has 1 heterocycles. The molecule has 0 amide bonds. The Morgan fingerprint density at radius 2 is 2.10 bits per heavy atom. The van der Waals surface area contributed by atoms with Gasteiger partial charge in [0, 0.05) is 24.1 Å². The van der Waals surface area contributed by atoms with Gasteiger partial charge in [-0.05, 0) is 37.8 Å². The molecular weight excluding hydrogens is 262 g/mol. The fraction of sp³-hybridized carbons (Fsp3) is 0.667. The summed E-state index contributed by atoms with van der Waals surface area (Å²) in [5.41, 5.74) is 1.29. The van der Waals surface area contributed by atoms with Crippen LogP contribution in [0, 0.1) is 5.92 Å². The van der Waals surface area contributed by atoms with Gasteiger partial charge in [-0.15, -0.1) is 0 Å². The molecule has 2 atom stereocenters. The molecular formula is C18H27NO2. The van der Waals surface area contributed by atoms with Crippen LogP contribution < -0.4 is 14.8 Å². The van der Waals surface area contributed by atoms with E-state index >= 15 is 0 Å². The van der Waals surface area contributed by atoms with Crippen LogP contribution in [-0.2, 0) is 0 Å². The third kappa shape index (κ3) is 3.18. The highest BCUT2D eigenvalue weighted by Crippen LogP contribution is 2.42. The maximum absolute atomic E-state index is 6.35. The van der Waals surface area contributed by atoms with Crippen molar-refractivity contribution in [1.29, 1.82) is 0 Å². The Hall–Kier alpha value is -1.22. The number of benzene rings is 1. The van der Waals surface area contributed by atoms with Gasteiger partial charge in [0.2, 0.25) is 0 Å². The predicted molar refractivity (Wildman–Crippen MR) is 85.0 cm³/mol. The van der Waals surface area contributed by atoms with Gasteiger partial charge in [-0.1, -0.05) is 25.8 Å². The summed E-state index contributed by atoms with van der Waals surface area (Å²) in [6, 6.07) is 6.67. The first-order valence-electron chi connectivity index (χ1n) is 8.39. The minimum atomic E-state index is 0.362. The predicted octanol–water partition coefficient (Wildman–Crippen LogP) is 4.08. The second-order valence-electron chi connectivity index (χ2n) is 6.35. The molecule has 1 aromatic rings. The van der Waals surface area contributed by atoms with Crippen LogP contribution in [0.4, 0.5) is 0 Å². The van der Waals surface area contributed by atoms with Crippen molar-refractivity contribution in [2.75, 3.05) is 13.7 Å². The van der Waals surface area contributed by atoms with E-state index in [1.54, 1.807) is 7.11 Å². The molecule has 3 rings (SSSR count). The molecule has 0 aromatic heterocycles. The van der Waals surface area contributed by atoms with Crippen LogP contribution in [0.5, 0.6) is 11.5 Å². The lowest BCUT2D eigenvalue weighted by molar-refractivity contribution is 0.0944. The number of nitrogens with one attached hydrogen (secondary N) is 1. The maximum atomic E-state index is 6.35. The number of hydrogen-bond donors (Lipinski definition) is 1. The average molecular weight is 289 g/mol. The van der Waals surface area contributed by atoms with E-state index in [9.17, 15) is 0 Å². The lowest BCUT2D eigenvalue weighted by atomic mass is 9.88. The molecule has 1 aliphatic carbocycles. The summed E-state index contributed by atoms with van der Waals surface area (Å²) in [6.45, 7) is 3.28. The van der Waals surface area contributed by atoms with Crippen molar-refractivity contribution in [2.45, 2.75) is 57.6 Å². The van der Waals surface area contributed by atoms with Gasteiger partial charge in [0.15, 0.2) is 0 Å². The van der Waals surface area contributed by atoms with Crippen LogP contribution in [0.1, 0.15) is 57.1 Å². The van der Waals surface area contributed by atoms with Gasteiger partial charge < -0.3 is 14.8 Å². The average Bonchev–Trinajstić information content (AvgIpc) is 3.06. The SMILES string of the molecule is CCCNC1CC(C2CCCC2)Oc2cc(OC)ccc21. The molecule has 3 heteroatoms. The van der Waals surface area contributed by atoms with E-state index in [1.165, 1.54) is 31.2 Å². The Morgan fingerprint density at radius 3 is 2.81 bits per heavy atom. The zero-order valence-corrected chi connectivity index (χ0v) is 13.2. The Morgan fingerprint density at radius 1 is 1.29 bits per heavy atom. The number of rotatable bonds is 5. The summed E-state index contributed by atoms with van der Waals surface area (Å²) in [6.07, 6.45) is 8.00. The largest absolute Gasteiger partial charge is 0.497 e. The van der Waals surface area contributed by atoms with Crippen LogP contribution in [0.15, 0.2) is 18.2 Å². The van der Waals surface area contributed by atoms with Crippen LogP contribution >= 0.6 is 0 Å². The summed E-state index contributed by atoms with van der Waals surface area (Å²) in [4.78, 5) is 0. The van der Waals surface area contributed by atoms with Crippen molar-refractivity contribution in [3.8, 4) is 11.5 Å². The summed E-state index contributed by atoms with van der Waals surface area (Å²) >= 11 is 0. The molecule has 1 aromatic carbocycles. The fourth-order valence-corrected chi connectivity index (χ4v) is 3.73. The lowest BCUT2D eigenvalue weighted by Crippen LogP contribution is -2.37. The van der Waals surface area contributed by atoms with Crippen LogP contribution in [0.2, 0.25) is 0 Å². The standard InChI is InChI=1S/C18H27NO2/c1-3-10-19-16-12-17(13-6-4-5-7-13)21-18-11-14(20-2)8-9-15(16)18/h8-9,11,13,16-17,19H,3-7,10,12H2,1-2H3. The van der Waals surface area contributed by atoms with E-state index < -0.39 is 0 Å². The van der Waals surface area contributed by atoms with Crippen molar-refractivity contribution < 1.29 is 9.47 Å². The van der Waals surface area contributed by atoms with Gasteiger partial charge in [-0.3, -0.25) is 0 Å². The zero-order valence-electron chi connectivity index (χ0n) is 13.2. The number of methoxy groups -OCH3 is 1. The Balaban J connectivity index is 1.83. The van der Waals surface area contributed by atoms with E-state index in [4.69, 9.17) is 9.47 Å². The first kappa shape index (κ1) is 14.7. The van der Waals surface area contributed by atoms with E-state index in [2.05, 4.69) is 24.4 Å². The van der Waals surface area contributed by atoms with E-state index in [0.717, 1.165) is 36.8 Å². The lowest BCUT2D eigenvalue weighted by Gasteiger charge is -2.36. The highest BCUT2D eigenvalue weighted by atomic mass is 16.5. The summed E-state index contributed by atoms with van der Waals surface area (Å²) < 4.78 is 11.7. The summed E-state index contributed by atoms with van der Waals surface area (Å²) in [5.74, 6) is 2.64. The molecule has 116 valence electrons. The van der Waals surface area contributed by atoms with E-state index in [0.29, 0.717) is 12.1 Å². The highest BCUT2D eigenvalue weighted by Gasteiger charge is 2.34. The molecule has 21 heavy (non-hydrogen) atoms. The van der Waals surface area contributed by atoms with Crippen LogP contribution in [0.25, 0.3) is 0 Å². The van der Waals surface area contributed by atoms with Crippen molar-refractivity contribution in [1.82, 2.24) is 5.32 Å². The van der Waals surface area contributed by atoms with Gasteiger partial charge in [0.1, 0.15) is 17.6 Å². The number of fused-ring (bicyclic) bond motifs is 1. The molecule has 2 aliphatic rings. The molecule has 3 nitrogen and oxygen atoms in total. The number of ether oxygens (including phenoxy) is 2. The Labute approximate surface area is 128 Å².